The maximum atomic E-state index is 11.5. The number of carboxylic acids is 1. The number of carbonyl (C=O) groups is 1. The predicted octanol–water partition coefficient (Wildman–Crippen LogP) is 2.60. The molecule has 0 aliphatic heterocycles. The lowest BCUT2D eigenvalue weighted by Gasteiger charge is -2.28. The van der Waals surface area contributed by atoms with Crippen LogP contribution in [0.3, 0.4) is 0 Å². The third-order valence-corrected chi connectivity index (χ3v) is 3.08. The van der Waals surface area contributed by atoms with Gasteiger partial charge in [-0.05, 0) is 44.9 Å². The Kier molecular flexibility index (Phi) is 4.29. The molecule has 0 aliphatic carbocycles. The summed E-state index contributed by atoms with van der Waals surface area (Å²) in [7, 11) is 0. The van der Waals surface area contributed by atoms with Crippen molar-refractivity contribution in [2.45, 2.75) is 39.7 Å². The van der Waals surface area contributed by atoms with Crippen molar-refractivity contribution in [1.82, 2.24) is 5.32 Å². The molecule has 0 saturated carbocycles. The topological polar surface area (TPSA) is 49.3 Å². The molecule has 0 amide bonds. The highest BCUT2D eigenvalue weighted by Gasteiger charge is 2.35. The van der Waals surface area contributed by atoms with Crippen LogP contribution in [-0.4, -0.2) is 17.6 Å². The Labute approximate surface area is 103 Å². The van der Waals surface area contributed by atoms with Crippen molar-refractivity contribution in [3.63, 3.8) is 0 Å². The van der Waals surface area contributed by atoms with Gasteiger partial charge in [0.25, 0.3) is 0 Å². The largest absolute Gasteiger partial charge is 0.480 e. The van der Waals surface area contributed by atoms with Crippen LogP contribution in [0.4, 0.5) is 0 Å². The van der Waals surface area contributed by atoms with E-state index in [0.717, 1.165) is 23.1 Å². The summed E-state index contributed by atoms with van der Waals surface area (Å²) in [6, 6.07) is 5.88. The number of benzene rings is 1. The SMILES string of the molecule is CCCNC(C)(C(=O)O)c1ccc(C)cc1C. The lowest BCUT2D eigenvalue weighted by atomic mass is 9.87. The molecule has 0 heterocycles. The Morgan fingerprint density at radius 1 is 1.41 bits per heavy atom. The van der Waals surface area contributed by atoms with E-state index >= 15 is 0 Å². The first-order chi connectivity index (χ1) is 7.91. The molecule has 0 aromatic heterocycles. The van der Waals surface area contributed by atoms with E-state index in [4.69, 9.17) is 0 Å². The van der Waals surface area contributed by atoms with E-state index in [0.29, 0.717) is 6.54 Å². The van der Waals surface area contributed by atoms with Gasteiger partial charge in [0.1, 0.15) is 5.54 Å². The van der Waals surface area contributed by atoms with Gasteiger partial charge in [-0.3, -0.25) is 5.32 Å². The van der Waals surface area contributed by atoms with Gasteiger partial charge in [-0.25, -0.2) is 4.79 Å². The molecule has 1 rings (SSSR count). The summed E-state index contributed by atoms with van der Waals surface area (Å²) in [5.41, 5.74) is 1.99. The maximum absolute atomic E-state index is 11.5. The molecule has 94 valence electrons. The van der Waals surface area contributed by atoms with Crippen LogP contribution in [0.1, 0.15) is 37.0 Å². The van der Waals surface area contributed by atoms with Crippen LogP contribution >= 0.6 is 0 Å². The Morgan fingerprint density at radius 3 is 2.53 bits per heavy atom. The molecule has 1 aromatic rings. The average Bonchev–Trinajstić information content (AvgIpc) is 2.25. The van der Waals surface area contributed by atoms with Crippen molar-refractivity contribution in [3.8, 4) is 0 Å². The molecule has 1 aromatic carbocycles. The second-order valence-electron chi connectivity index (χ2n) is 4.68. The van der Waals surface area contributed by atoms with Gasteiger partial charge in [-0.15, -0.1) is 0 Å². The Balaban J connectivity index is 3.17. The van der Waals surface area contributed by atoms with E-state index in [9.17, 15) is 9.90 Å². The summed E-state index contributed by atoms with van der Waals surface area (Å²) >= 11 is 0. The van der Waals surface area contributed by atoms with Crippen molar-refractivity contribution in [2.24, 2.45) is 0 Å². The van der Waals surface area contributed by atoms with Gasteiger partial charge < -0.3 is 5.11 Å². The van der Waals surface area contributed by atoms with Crippen LogP contribution in [0, 0.1) is 13.8 Å². The fourth-order valence-corrected chi connectivity index (χ4v) is 2.04. The minimum atomic E-state index is -1.01. The zero-order valence-electron chi connectivity index (χ0n) is 11.0. The third-order valence-electron chi connectivity index (χ3n) is 3.08. The maximum Gasteiger partial charge on any atom is 0.328 e. The Morgan fingerprint density at radius 2 is 2.06 bits per heavy atom. The fourth-order valence-electron chi connectivity index (χ4n) is 2.04. The lowest BCUT2D eigenvalue weighted by molar-refractivity contribution is -0.144. The van der Waals surface area contributed by atoms with Crippen LogP contribution in [-0.2, 0) is 10.3 Å². The minimum absolute atomic E-state index is 0.691. The zero-order chi connectivity index (χ0) is 13.1. The van der Waals surface area contributed by atoms with Gasteiger partial charge in [0.2, 0.25) is 0 Å². The molecule has 0 radical (unpaired) electrons. The Bertz CT molecular complexity index is 415. The monoisotopic (exact) mass is 235 g/mol. The summed E-state index contributed by atoms with van der Waals surface area (Å²) in [4.78, 5) is 11.5. The number of rotatable bonds is 5. The van der Waals surface area contributed by atoms with E-state index in [1.165, 1.54) is 0 Å². The van der Waals surface area contributed by atoms with E-state index in [-0.39, 0.29) is 0 Å². The molecule has 2 N–H and O–H groups in total. The summed E-state index contributed by atoms with van der Waals surface area (Å²) in [5, 5.41) is 12.6. The first-order valence-corrected chi connectivity index (χ1v) is 5.98. The molecule has 3 heteroatoms. The summed E-state index contributed by atoms with van der Waals surface area (Å²) in [5.74, 6) is -0.835. The fraction of sp³-hybridized carbons (Fsp3) is 0.500. The number of nitrogens with one attached hydrogen (secondary N) is 1. The van der Waals surface area contributed by atoms with E-state index < -0.39 is 11.5 Å². The molecular weight excluding hydrogens is 214 g/mol. The highest BCUT2D eigenvalue weighted by Crippen LogP contribution is 2.25. The van der Waals surface area contributed by atoms with E-state index in [1.54, 1.807) is 6.92 Å². The summed E-state index contributed by atoms with van der Waals surface area (Å²) < 4.78 is 0. The second kappa shape index (κ2) is 5.32. The quantitative estimate of drug-likeness (QED) is 0.824. The first-order valence-electron chi connectivity index (χ1n) is 5.98. The molecule has 0 fully saturated rings. The molecule has 1 unspecified atom stereocenters. The van der Waals surface area contributed by atoms with Crippen LogP contribution in [0.5, 0.6) is 0 Å². The normalized spacial score (nSPS) is 14.4. The molecule has 0 spiro atoms. The van der Waals surface area contributed by atoms with Crippen LogP contribution < -0.4 is 5.32 Å². The van der Waals surface area contributed by atoms with Gasteiger partial charge in [0.05, 0.1) is 0 Å². The number of hydrogen-bond donors (Lipinski definition) is 2. The van der Waals surface area contributed by atoms with Crippen LogP contribution in [0.25, 0.3) is 0 Å². The smallest absolute Gasteiger partial charge is 0.328 e. The molecule has 0 aliphatic rings. The highest BCUT2D eigenvalue weighted by molar-refractivity contribution is 5.80. The van der Waals surface area contributed by atoms with Gasteiger partial charge in [0, 0.05) is 0 Å². The number of hydrogen-bond acceptors (Lipinski definition) is 2. The second-order valence-corrected chi connectivity index (χ2v) is 4.68. The van der Waals surface area contributed by atoms with Gasteiger partial charge in [0.15, 0.2) is 0 Å². The molecule has 1 atom stereocenters. The first kappa shape index (κ1) is 13.7. The molecular formula is C14H21NO2. The van der Waals surface area contributed by atoms with E-state index in [2.05, 4.69) is 5.32 Å². The summed E-state index contributed by atoms with van der Waals surface area (Å²) in [6.45, 7) is 8.40. The van der Waals surface area contributed by atoms with Crippen molar-refractivity contribution in [2.75, 3.05) is 6.54 Å². The highest BCUT2D eigenvalue weighted by atomic mass is 16.4. The van der Waals surface area contributed by atoms with Crippen molar-refractivity contribution in [1.29, 1.82) is 0 Å². The Hall–Kier alpha value is -1.35. The predicted molar refractivity (Wildman–Crippen MR) is 69.2 cm³/mol. The number of carboxylic acid groups (broad SMARTS) is 1. The molecule has 17 heavy (non-hydrogen) atoms. The van der Waals surface area contributed by atoms with Crippen molar-refractivity contribution < 1.29 is 9.90 Å². The zero-order valence-corrected chi connectivity index (χ0v) is 11.0. The van der Waals surface area contributed by atoms with E-state index in [1.807, 2.05) is 39.0 Å². The summed E-state index contributed by atoms with van der Waals surface area (Å²) in [6.07, 6.45) is 0.910. The van der Waals surface area contributed by atoms with Crippen molar-refractivity contribution in [3.05, 3.63) is 34.9 Å². The third kappa shape index (κ3) is 2.86. The average molecular weight is 235 g/mol. The number of aryl methyl sites for hydroxylation is 2. The standard InChI is InChI=1S/C14H21NO2/c1-5-8-15-14(4,13(16)17)12-7-6-10(2)9-11(12)3/h6-7,9,15H,5,8H2,1-4H3,(H,16,17). The van der Waals surface area contributed by atoms with Gasteiger partial charge >= 0.3 is 5.97 Å². The lowest BCUT2D eigenvalue weighted by Crippen LogP contribution is -2.47. The van der Waals surface area contributed by atoms with Gasteiger partial charge in [-0.1, -0.05) is 30.7 Å². The number of aliphatic carboxylic acids is 1. The molecule has 0 bridgehead atoms. The van der Waals surface area contributed by atoms with Crippen LogP contribution in [0.2, 0.25) is 0 Å². The van der Waals surface area contributed by atoms with Crippen molar-refractivity contribution >= 4 is 5.97 Å². The van der Waals surface area contributed by atoms with Crippen LogP contribution in [0.15, 0.2) is 18.2 Å². The minimum Gasteiger partial charge on any atom is -0.480 e. The van der Waals surface area contributed by atoms with Gasteiger partial charge in [-0.2, -0.15) is 0 Å². The molecule has 0 saturated heterocycles. The molecule has 3 nitrogen and oxygen atoms in total.